The molecule has 0 fully saturated rings. The molecule has 3 aromatic rings. The first-order valence-electron chi connectivity index (χ1n) is 5.89. The number of thiazole rings is 1. The van der Waals surface area contributed by atoms with Gasteiger partial charge in [0.2, 0.25) is 0 Å². The fourth-order valence-electron chi connectivity index (χ4n) is 1.78. The van der Waals surface area contributed by atoms with E-state index in [9.17, 15) is 0 Å². The Kier molecular flexibility index (Phi) is 3.54. The monoisotopic (exact) mass is 298 g/mol. The van der Waals surface area contributed by atoms with E-state index in [1.807, 2.05) is 30.3 Å². The lowest BCUT2D eigenvalue weighted by atomic mass is 10.2. The summed E-state index contributed by atoms with van der Waals surface area (Å²) in [6, 6.07) is 11.6. The quantitative estimate of drug-likeness (QED) is 0.592. The van der Waals surface area contributed by atoms with Crippen molar-refractivity contribution in [1.82, 2.24) is 9.97 Å². The van der Waals surface area contributed by atoms with Gasteiger partial charge in [0, 0.05) is 17.6 Å². The summed E-state index contributed by atoms with van der Waals surface area (Å²) < 4.78 is 2.05. The summed E-state index contributed by atoms with van der Waals surface area (Å²) in [5.74, 6) is 0.687. The summed E-state index contributed by atoms with van der Waals surface area (Å²) in [6.07, 6.45) is 1.63. The first-order valence-corrected chi connectivity index (χ1v) is 7.69. The third-order valence-corrected chi connectivity index (χ3v) is 4.95. The number of rotatable bonds is 3. The van der Waals surface area contributed by atoms with Crippen LogP contribution in [0.4, 0.5) is 5.69 Å². The second-order valence-corrected chi connectivity index (χ2v) is 6.37. The molecule has 0 unspecified atom stereocenters. The number of anilines is 1. The summed E-state index contributed by atoms with van der Waals surface area (Å²) in [6.45, 7) is 0. The fourth-order valence-corrected chi connectivity index (χ4v) is 3.88. The van der Waals surface area contributed by atoms with E-state index in [1.165, 1.54) is 0 Å². The molecule has 3 rings (SSSR count). The second-order valence-electron chi connectivity index (χ2n) is 4.12. The number of nitriles is 1. The van der Waals surface area contributed by atoms with Gasteiger partial charge in [0.15, 0.2) is 4.34 Å². The fraction of sp³-hybridized carbons (Fsp3) is 0.0714. The van der Waals surface area contributed by atoms with Gasteiger partial charge in [-0.25, -0.2) is 9.97 Å². The van der Waals surface area contributed by atoms with E-state index in [0.717, 1.165) is 25.8 Å². The highest BCUT2D eigenvalue weighted by molar-refractivity contribution is 8.00. The van der Waals surface area contributed by atoms with Gasteiger partial charge in [-0.3, -0.25) is 0 Å². The summed E-state index contributed by atoms with van der Waals surface area (Å²) in [5.41, 5.74) is 8.87. The van der Waals surface area contributed by atoms with E-state index < -0.39 is 0 Å². The summed E-state index contributed by atoms with van der Waals surface area (Å²) >= 11 is 3.22. The molecule has 0 aliphatic carbocycles. The highest BCUT2D eigenvalue weighted by Crippen LogP contribution is 2.32. The van der Waals surface area contributed by atoms with Crippen molar-refractivity contribution >= 4 is 39.0 Å². The van der Waals surface area contributed by atoms with Crippen molar-refractivity contribution in [2.75, 3.05) is 5.73 Å². The molecule has 2 heterocycles. The minimum Gasteiger partial charge on any atom is -0.399 e. The van der Waals surface area contributed by atoms with Crippen molar-refractivity contribution in [1.29, 1.82) is 5.26 Å². The Labute approximate surface area is 124 Å². The third-order valence-electron chi connectivity index (χ3n) is 2.74. The summed E-state index contributed by atoms with van der Waals surface area (Å²) in [5, 5.41) is 9.01. The topological polar surface area (TPSA) is 75.6 Å². The molecule has 0 radical (unpaired) electrons. The first-order chi connectivity index (χ1) is 9.76. The number of nitrogen functional groups attached to an aromatic ring is 1. The zero-order chi connectivity index (χ0) is 13.9. The predicted octanol–water partition coefficient (Wildman–Crippen LogP) is 3.44. The average Bonchev–Trinajstić information content (AvgIpc) is 2.87. The highest BCUT2D eigenvalue weighted by atomic mass is 32.2. The molecule has 0 saturated carbocycles. The van der Waals surface area contributed by atoms with Crippen molar-refractivity contribution in [2.24, 2.45) is 0 Å². The molecule has 4 nitrogen and oxygen atoms in total. The molecule has 98 valence electrons. The van der Waals surface area contributed by atoms with Crippen molar-refractivity contribution in [2.45, 2.75) is 10.1 Å². The number of fused-ring (bicyclic) bond motifs is 1. The van der Waals surface area contributed by atoms with Gasteiger partial charge in [0.25, 0.3) is 0 Å². The van der Waals surface area contributed by atoms with Crippen molar-refractivity contribution in [3.63, 3.8) is 0 Å². The first kappa shape index (κ1) is 12.9. The van der Waals surface area contributed by atoms with Gasteiger partial charge in [-0.15, -0.1) is 11.3 Å². The van der Waals surface area contributed by atoms with E-state index in [-0.39, 0.29) is 0 Å². The number of pyridine rings is 1. The van der Waals surface area contributed by atoms with Gasteiger partial charge in [-0.1, -0.05) is 17.8 Å². The van der Waals surface area contributed by atoms with E-state index in [0.29, 0.717) is 11.4 Å². The van der Waals surface area contributed by atoms with E-state index in [4.69, 9.17) is 11.0 Å². The zero-order valence-corrected chi connectivity index (χ0v) is 12.0. The minimum atomic E-state index is 0.477. The van der Waals surface area contributed by atoms with Gasteiger partial charge >= 0.3 is 0 Å². The molecular formula is C14H10N4S2. The Bertz CT molecular complexity index is 804. The molecule has 0 atom stereocenters. The Balaban J connectivity index is 1.82. The number of nitrogens with zero attached hydrogens (tertiary/aromatic N) is 3. The van der Waals surface area contributed by atoms with Gasteiger partial charge in [-0.05, 0) is 29.8 Å². The lowest BCUT2D eigenvalue weighted by molar-refractivity contribution is 1.19. The van der Waals surface area contributed by atoms with Crippen LogP contribution in [0.2, 0.25) is 0 Å². The van der Waals surface area contributed by atoms with Gasteiger partial charge in [-0.2, -0.15) is 5.26 Å². The van der Waals surface area contributed by atoms with E-state index >= 15 is 0 Å². The standard InChI is InChI=1S/C14H10N4S2/c15-7-12-9(2-1-5-17-12)8-19-14-18-11-4-3-10(16)6-13(11)20-14/h1-6H,8,16H2. The van der Waals surface area contributed by atoms with Crippen LogP contribution in [0, 0.1) is 11.3 Å². The summed E-state index contributed by atoms with van der Waals surface area (Å²) in [7, 11) is 0. The van der Waals surface area contributed by atoms with Crippen LogP contribution >= 0.6 is 23.1 Å². The molecule has 0 aliphatic heterocycles. The van der Waals surface area contributed by atoms with Crippen molar-refractivity contribution in [3.05, 3.63) is 47.8 Å². The minimum absolute atomic E-state index is 0.477. The molecule has 20 heavy (non-hydrogen) atoms. The van der Waals surface area contributed by atoms with E-state index in [1.54, 1.807) is 29.3 Å². The molecule has 0 spiro atoms. The van der Waals surface area contributed by atoms with Crippen LogP contribution in [0.15, 0.2) is 40.9 Å². The van der Waals surface area contributed by atoms with Gasteiger partial charge in [0.05, 0.1) is 10.2 Å². The van der Waals surface area contributed by atoms with E-state index in [2.05, 4.69) is 16.0 Å². The third kappa shape index (κ3) is 2.59. The van der Waals surface area contributed by atoms with Crippen LogP contribution in [0.25, 0.3) is 10.2 Å². The molecule has 1 aromatic carbocycles. The number of hydrogen-bond acceptors (Lipinski definition) is 6. The highest BCUT2D eigenvalue weighted by Gasteiger charge is 2.07. The lowest BCUT2D eigenvalue weighted by Crippen LogP contribution is -1.90. The number of thioether (sulfide) groups is 1. The van der Waals surface area contributed by atoms with Crippen molar-refractivity contribution in [3.8, 4) is 6.07 Å². The molecule has 0 amide bonds. The Morgan fingerprint density at radius 3 is 3.10 bits per heavy atom. The van der Waals surface area contributed by atoms with Crippen LogP contribution in [0.1, 0.15) is 11.3 Å². The van der Waals surface area contributed by atoms with Crippen LogP contribution in [0.5, 0.6) is 0 Å². The van der Waals surface area contributed by atoms with Crippen LogP contribution in [-0.4, -0.2) is 9.97 Å². The Morgan fingerprint density at radius 1 is 1.35 bits per heavy atom. The molecule has 0 aliphatic rings. The molecule has 2 aromatic heterocycles. The second kappa shape index (κ2) is 5.49. The number of nitrogens with two attached hydrogens (primary N) is 1. The SMILES string of the molecule is N#Cc1ncccc1CSc1nc2ccc(N)cc2s1. The summed E-state index contributed by atoms with van der Waals surface area (Å²) in [4.78, 5) is 8.60. The molecule has 6 heteroatoms. The number of aromatic nitrogens is 2. The Hall–Kier alpha value is -2.10. The number of benzene rings is 1. The molecule has 2 N–H and O–H groups in total. The zero-order valence-electron chi connectivity index (χ0n) is 10.4. The lowest BCUT2D eigenvalue weighted by Gasteiger charge is -1.99. The largest absolute Gasteiger partial charge is 0.399 e. The van der Waals surface area contributed by atoms with Crippen LogP contribution in [-0.2, 0) is 5.75 Å². The van der Waals surface area contributed by atoms with Crippen molar-refractivity contribution < 1.29 is 0 Å². The maximum absolute atomic E-state index is 9.01. The maximum Gasteiger partial charge on any atom is 0.151 e. The normalized spacial score (nSPS) is 10.6. The predicted molar refractivity (Wildman–Crippen MR) is 82.5 cm³/mol. The average molecular weight is 298 g/mol. The molecule has 0 bridgehead atoms. The van der Waals surface area contributed by atoms with Crippen LogP contribution < -0.4 is 5.73 Å². The molecule has 0 saturated heterocycles. The van der Waals surface area contributed by atoms with Crippen LogP contribution in [0.3, 0.4) is 0 Å². The number of hydrogen-bond donors (Lipinski definition) is 1. The van der Waals surface area contributed by atoms with Gasteiger partial charge in [0.1, 0.15) is 11.8 Å². The molecular weight excluding hydrogens is 288 g/mol. The maximum atomic E-state index is 9.01. The smallest absolute Gasteiger partial charge is 0.151 e. The Morgan fingerprint density at radius 2 is 2.25 bits per heavy atom. The van der Waals surface area contributed by atoms with Gasteiger partial charge < -0.3 is 5.73 Å².